The van der Waals surface area contributed by atoms with E-state index in [9.17, 15) is 4.79 Å². The van der Waals surface area contributed by atoms with E-state index in [1.165, 1.54) is 11.8 Å². The number of amides is 1. The number of hydrogen-bond donors (Lipinski definition) is 1. The highest BCUT2D eigenvalue weighted by Gasteiger charge is 2.09. The molecule has 1 amide bonds. The third-order valence-corrected chi connectivity index (χ3v) is 3.93. The van der Waals surface area contributed by atoms with Gasteiger partial charge in [0.25, 0.3) is 0 Å². The van der Waals surface area contributed by atoms with Gasteiger partial charge in [-0.1, -0.05) is 23.4 Å². The Hall–Kier alpha value is -1.53. The molecule has 2 aromatic rings. The normalized spacial score (nSPS) is 10.6. The van der Waals surface area contributed by atoms with Crippen LogP contribution < -0.4 is 5.32 Å². The van der Waals surface area contributed by atoms with Crippen LogP contribution >= 0.6 is 23.4 Å². The Morgan fingerprint density at radius 1 is 1.50 bits per heavy atom. The Labute approximate surface area is 126 Å². The zero-order chi connectivity index (χ0) is 14.5. The van der Waals surface area contributed by atoms with E-state index in [4.69, 9.17) is 11.6 Å². The smallest absolute Gasteiger partial charge is 0.234 e. The summed E-state index contributed by atoms with van der Waals surface area (Å²) in [5, 5.41) is 12.1. The van der Waals surface area contributed by atoms with Crippen LogP contribution in [0.25, 0.3) is 0 Å². The van der Waals surface area contributed by atoms with Gasteiger partial charge in [-0.15, -0.1) is 10.2 Å². The van der Waals surface area contributed by atoms with Gasteiger partial charge in [-0.3, -0.25) is 4.79 Å². The van der Waals surface area contributed by atoms with Gasteiger partial charge in [0.05, 0.1) is 5.75 Å². The van der Waals surface area contributed by atoms with Crippen LogP contribution in [0.3, 0.4) is 0 Å². The van der Waals surface area contributed by atoms with Gasteiger partial charge >= 0.3 is 0 Å². The van der Waals surface area contributed by atoms with Gasteiger partial charge in [0.1, 0.15) is 6.33 Å². The number of aryl methyl sites for hydroxylation is 2. The molecule has 5 nitrogen and oxygen atoms in total. The maximum atomic E-state index is 11.9. The van der Waals surface area contributed by atoms with E-state index in [-0.39, 0.29) is 5.91 Å². The van der Waals surface area contributed by atoms with Crippen molar-refractivity contribution in [3.05, 3.63) is 35.1 Å². The molecule has 1 heterocycles. The van der Waals surface area contributed by atoms with E-state index >= 15 is 0 Å². The minimum absolute atomic E-state index is 0.0777. The quantitative estimate of drug-likeness (QED) is 0.863. The first kappa shape index (κ1) is 14.9. The van der Waals surface area contributed by atoms with Gasteiger partial charge in [0.2, 0.25) is 5.91 Å². The number of rotatable bonds is 5. The van der Waals surface area contributed by atoms with Crippen LogP contribution in [-0.4, -0.2) is 26.4 Å². The molecule has 0 spiro atoms. The van der Waals surface area contributed by atoms with Crippen molar-refractivity contribution in [3.8, 4) is 0 Å². The van der Waals surface area contributed by atoms with Crippen LogP contribution in [0.2, 0.25) is 5.02 Å². The molecule has 0 unspecified atom stereocenters. The van der Waals surface area contributed by atoms with Crippen LogP contribution in [-0.2, 0) is 11.3 Å². The van der Waals surface area contributed by atoms with E-state index in [0.717, 1.165) is 23.0 Å². The topological polar surface area (TPSA) is 59.8 Å². The van der Waals surface area contributed by atoms with Crippen molar-refractivity contribution in [1.82, 2.24) is 14.8 Å². The zero-order valence-electron chi connectivity index (χ0n) is 11.3. The molecule has 0 aliphatic rings. The largest absolute Gasteiger partial charge is 0.325 e. The highest BCUT2D eigenvalue weighted by Crippen LogP contribution is 2.20. The molecule has 2 rings (SSSR count). The van der Waals surface area contributed by atoms with Gasteiger partial charge in [0, 0.05) is 17.3 Å². The Kier molecular flexibility index (Phi) is 5.03. The minimum Gasteiger partial charge on any atom is -0.325 e. The summed E-state index contributed by atoms with van der Waals surface area (Å²) in [5.74, 6) is 0.215. The van der Waals surface area contributed by atoms with Crippen molar-refractivity contribution in [2.45, 2.75) is 25.5 Å². The monoisotopic (exact) mass is 310 g/mol. The molecular weight excluding hydrogens is 296 g/mol. The molecule has 0 bridgehead atoms. The van der Waals surface area contributed by atoms with Crippen molar-refractivity contribution in [2.75, 3.05) is 11.1 Å². The second-order valence-electron chi connectivity index (χ2n) is 4.20. The van der Waals surface area contributed by atoms with Gasteiger partial charge in [-0.2, -0.15) is 0 Å². The summed E-state index contributed by atoms with van der Waals surface area (Å²) in [4.78, 5) is 11.9. The molecule has 7 heteroatoms. The number of nitrogens with one attached hydrogen (secondary N) is 1. The van der Waals surface area contributed by atoms with Crippen LogP contribution in [0.1, 0.15) is 12.5 Å². The van der Waals surface area contributed by atoms with Crippen LogP contribution in [0.4, 0.5) is 5.69 Å². The standard InChI is InChI=1S/C13H15ClN4OS/c1-3-18-8-15-17-13(18)20-7-12(19)16-11-5-4-10(14)6-9(11)2/h4-6,8H,3,7H2,1-2H3,(H,16,19). The Morgan fingerprint density at radius 2 is 2.30 bits per heavy atom. The fourth-order valence-electron chi connectivity index (χ4n) is 1.66. The van der Waals surface area contributed by atoms with E-state index in [1.807, 2.05) is 24.5 Å². The van der Waals surface area contributed by atoms with Gasteiger partial charge in [-0.25, -0.2) is 0 Å². The van der Waals surface area contributed by atoms with Crippen LogP contribution in [0.15, 0.2) is 29.7 Å². The van der Waals surface area contributed by atoms with E-state index < -0.39 is 0 Å². The summed E-state index contributed by atoms with van der Waals surface area (Å²) in [7, 11) is 0. The van der Waals surface area contributed by atoms with E-state index in [2.05, 4.69) is 15.5 Å². The van der Waals surface area contributed by atoms with E-state index in [0.29, 0.717) is 10.8 Å². The first-order valence-electron chi connectivity index (χ1n) is 6.16. The molecule has 106 valence electrons. The number of thioether (sulfide) groups is 1. The van der Waals surface area contributed by atoms with Crippen molar-refractivity contribution < 1.29 is 4.79 Å². The molecule has 20 heavy (non-hydrogen) atoms. The molecular formula is C13H15ClN4OS. The lowest BCUT2D eigenvalue weighted by molar-refractivity contribution is -0.113. The Morgan fingerprint density at radius 3 is 3.00 bits per heavy atom. The molecule has 0 fully saturated rings. The second-order valence-corrected chi connectivity index (χ2v) is 5.57. The maximum absolute atomic E-state index is 11.9. The number of aromatic nitrogens is 3. The molecule has 0 saturated carbocycles. The van der Waals surface area contributed by atoms with Gasteiger partial charge < -0.3 is 9.88 Å². The van der Waals surface area contributed by atoms with Crippen molar-refractivity contribution in [3.63, 3.8) is 0 Å². The summed E-state index contributed by atoms with van der Waals surface area (Å²) in [5.41, 5.74) is 1.71. The number of carbonyl (C=O) groups is 1. The number of benzene rings is 1. The molecule has 0 radical (unpaired) electrons. The Bertz CT molecular complexity index is 614. The average molecular weight is 311 g/mol. The highest BCUT2D eigenvalue weighted by atomic mass is 35.5. The fourth-order valence-corrected chi connectivity index (χ4v) is 2.66. The molecule has 0 atom stereocenters. The van der Waals surface area contributed by atoms with Crippen LogP contribution in [0.5, 0.6) is 0 Å². The predicted molar refractivity (Wildman–Crippen MR) is 81.2 cm³/mol. The summed E-state index contributed by atoms with van der Waals surface area (Å²) >= 11 is 7.25. The molecule has 0 aliphatic heterocycles. The summed E-state index contributed by atoms with van der Waals surface area (Å²) in [6.45, 7) is 4.69. The first-order valence-corrected chi connectivity index (χ1v) is 7.53. The minimum atomic E-state index is -0.0777. The van der Waals surface area contributed by atoms with Crippen molar-refractivity contribution >= 4 is 35.0 Å². The summed E-state index contributed by atoms with van der Waals surface area (Å²) in [6.07, 6.45) is 1.66. The first-order chi connectivity index (χ1) is 9.60. The number of anilines is 1. The van der Waals surface area contributed by atoms with E-state index in [1.54, 1.807) is 18.5 Å². The Balaban J connectivity index is 1.93. The molecule has 0 aliphatic carbocycles. The fraction of sp³-hybridized carbons (Fsp3) is 0.308. The number of hydrogen-bond acceptors (Lipinski definition) is 4. The average Bonchev–Trinajstić information content (AvgIpc) is 2.87. The molecule has 0 saturated heterocycles. The third kappa shape index (κ3) is 3.74. The number of nitrogens with zero attached hydrogens (tertiary/aromatic N) is 3. The molecule has 1 N–H and O–H groups in total. The summed E-state index contributed by atoms with van der Waals surface area (Å²) in [6, 6.07) is 5.37. The van der Waals surface area contributed by atoms with Crippen LogP contribution in [0, 0.1) is 6.92 Å². The lowest BCUT2D eigenvalue weighted by Gasteiger charge is -2.08. The molecule has 1 aromatic carbocycles. The zero-order valence-corrected chi connectivity index (χ0v) is 12.8. The van der Waals surface area contributed by atoms with Gasteiger partial charge in [-0.05, 0) is 37.6 Å². The van der Waals surface area contributed by atoms with Crippen molar-refractivity contribution in [1.29, 1.82) is 0 Å². The molecule has 1 aromatic heterocycles. The SMILES string of the molecule is CCn1cnnc1SCC(=O)Nc1ccc(Cl)cc1C. The highest BCUT2D eigenvalue weighted by molar-refractivity contribution is 7.99. The lowest BCUT2D eigenvalue weighted by atomic mass is 10.2. The van der Waals surface area contributed by atoms with Crippen molar-refractivity contribution in [2.24, 2.45) is 0 Å². The third-order valence-electron chi connectivity index (χ3n) is 2.72. The summed E-state index contributed by atoms with van der Waals surface area (Å²) < 4.78 is 1.89. The van der Waals surface area contributed by atoms with Gasteiger partial charge in [0.15, 0.2) is 5.16 Å². The predicted octanol–water partition coefficient (Wildman–Crippen LogP) is 2.99. The maximum Gasteiger partial charge on any atom is 0.234 e. The number of carbonyl (C=O) groups excluding carboxylic acids is 1. The lowest BCUT2D eigenvalue weighted by Crippen LogP contribution is -2.15. The second kappa shape index (κ2) is 6.76. The number of halogens is 1.